The molecule has 0 N–H and O–H groups in total. The van der Waals surface area contributed by atoms with Crippen LogP contribution >= 0.6 is 0 Å². The Bertz CT molecular complexity index is 2200. The quantitative estimate of drug-likeness (QED) is 0.111. The van der Waals surface area contributed by atoms with Gasteiger partial charge in [-0.05, 0) is 119 Å². The molecule has 1 aromatic heterocycles. The molecule has 0 fully saturated rings. The van der Waals surface area contributed by atoms with Crippen molar-refractivity contribution in [1.82, 2.24) is 4.48 Å². The first-order valence-electron chi connectivity index (χ1n) is 19.1. The number of hydrogen-bond acceptors (Lipinski definition) is 3. The van der Waals surface area contributed by atoms with Crippen molar-refractivity contribution >= 4 is 18.5 Å². The molecule has 4 aromatic rings. The van der Waals surface area contributed by atoms with Crippen LogP contribution in [-0.2, 0) is 20.1 Å². The van der Waals surface area contributed by atoms with Crippen LogP contribution in [0.2, 0.25) is 0 Å². The predicted octanol–water partition coefficient (Wildman–Crippen LogP) is 13.5. The Hall–Kier alpha value is -4.63. The average molecular weight is 849 g/mol. The topological polar surface area (TPSA) is 35.8 Å². The van der Waals surface area contributed by atoms with E-state index in [1.54, 1.807) is 26.8 Å². The van der Waals surface area contributed by atoms with E-state index in [2.05, 4.69) is 41.5 Å². The van der Waals surface area contributed by atoms with E-state index in [0.717, 1.165) is 26.7 Å². The monoisotopic (exact) mass is 848 g/mol. The van der Waals surface area contributed by atoms with Gasteiger partial charge in [-0.1, -0.05) is 90.1 Å². The predicted molar refractivity (Wildman–Crippen MR) is 217 cm³/mol. The van der Waals surface area contributed by atoms with Crippen LogP contribution in [0.3, 0.4) is 0 Å². The number of rotatable bonds is 11. The lowest BCUT2D eigenvalue weighted by Gasteiger charge is -2.27. The number of hydrogen-bond donors (Lipinski definition) is 0. The molecule has 1 aliphatic heterocycles. The maximum atomic E-state index is 14.4. The normalized spacial score (nSPS) is 15.3. The minimum absolute atomic E-state index is 0.0126. The lowest BCUT2D eigenvalue weighted by molar-refractivity contribution is -0.295. The molecule has 0 aliphatic carbocycles. The molecule has 3 aromatic carbocycles. The molecule has 0 unspecified atom stereocenters. The number of aliphatic imine (C=N–C) groups is 1. The van der Waals surface area contributed by atoms with Gasteiger partial charge < -0.3 is 13.8 Å². The van der Waals surface area contributed by atoms with Gasteiger partial charge in [0.2, 0.25) is 0 Å². The van der Waals surface area contributed by atoms with Crippen LogP contribution in [0.4, 0.5) is 43.9 Å². The van der Waals surface area contributed by atoms with Crippen LogP contribution in [0, 0.1) is 13.8 Å². The first-order chi connectivity index (χ1) is 27.4. The third kappa shape index (κ3) is 9.94. The highest BCUT2D eigenvalue weighted by atomic mass is 19.4. The van der Waals surface area contributed by atoms with Crippen molar-refractivity contribution < 1.29 is 53.2 Å². The van der Waals surface area contributed by atoms with Gasteiger partial charge in [0, 0.05) is 22.7 Å². The second-order valence-electron chi connectivity index (χ2n) is 17.3. The van der Waals surface area contributed by atoms with Crippen molar-refractivity contribution in [2.75, 3.05) is 13.2 Å². The molecule has 0 saturated heterocycles. The number of nitrogens with zero attached hydrogens (tertiary/aromatic N) is 2. The molecule has 0 atom stereocenters. The van der Waals surface area contributed by atoms with E-state index < -0.39 is 44.7 Å². The van der Waals surface area contributed by atoms with Gasteiger partial charge >= 0.3 is 31.5 Å². The third-order valence-electron chi connectivity index (χ3n) is 10.2. The van der Waals surface area contributed by atoms with E-state index in [1.165, 1.54) is 13.0 Å². The second kappa shape index (κ2) is 16.3. The highest BCUT2D eigenvalue weighted by Crippen LogP contribution is 2.42. The molecule has 0 radical (unpaired) electrons. The molecule has 0 saturated carbocycles. The van der Waals surface area contributed by atoms with Gasteiger partial charge in [0.05, 0.1) is 5.70 Å². The summed E-state index contributed by atoms with van der Waals surface area (Å²) in [6.45, 7) is 14.0. The van der Waals surface area contributed by atoms with Gasteiger partial charge in [-0.2, -0.15) is 43.9 Å². The SMILES string of the molecule is CC1=CC(C)=N/C1=C(/c1cc(-c2ccc(C(C)(C)C)cc2)cc(-c2ccc(C(C)(C)C)cc2)c1)c1c(C)cc(C)n1B(OCC(F)(F)C(F)(F)F)OCC(F)(F)C(F)(F)F. The van der Waals surface area contributed by atoms with E-state index in [9.17, 15) is 43.9 Å². The molecule has 322 valence electrons. The molecule has 4 nitrogen and oxygen atoms in total. The van der Waals surface area contributed by atoms with E-state index in [4.69, 9.17) is 14.3 Å². The lowest BCUT2D eigenvalue weighted by Crippen LogP contribution is -2.48. The molecule has 0 amide bonds. The van der Waals surface area contributed by atoms with Crippen molar-refractivity contribution in [3.63, 3.8) is 0 Å². The van der Waals surface area contributed by atoms with Gasteiger partial charge in [-0.3, -0.25) is 4.99 Å². The van der Waals surface area contributed by atoms with E-state index in [0.29, 0.717) is 39.2 Å². The van der Waals surface area contributed by atoms with Gasteiger partial charge in [0.25, 0.3) is 0 Å². The Balaban J connectivity index is 1.82. The average Bonchev–Trinajstić information content (AvgIpc) is 3.61. The number of aryl methyl sites for hydroxylation is 2. The van der Waals surface area contributed by atoms with E-state index >= 15 is 0 Å². The number of alkyl halides is 10. The first kappa shape index (κ1) is 46.4. The fourth-order valence-electron chi connectivity index (χ4n) is 6.87. The molecule has 0 bridgehead atoms. The van der Waals surface area contributed by atoms with Crippen LogP contribution < -0.4 is 0 Å². The minimum atomic E-state index is -6.14. The number of benzene rings is 3. The molecule has 60 heavy (non-hydrogen) atoms. The first-order valence-corrected chi connectivity index (χ1v) is 19.1. The molecular formula is C45H47BF10N2O2. The molecule has 15 heteroatoms. The molecule has 2 heterocycles. The van der Waals surface area contributed by atoms with Crippen molar-refractivity contribution in [3.05, 3.63) is 124 Å². The summed E-state index contributed by atoms with van der Waals surface area (Å²) in [5, 5.41) is 0. The van der Waals surface area contributed by atoms with Crippen LogP contribution in [0.15, 0.2) is 95.1 Å². The third-order valence-corrected chi connectivity index (χ3v) is 10.2. The summed E-state index contributed by atoms with van der Waals surface area (Å²) < 4.78 is 148. The summed E-state index contributed by atoms with van der Waals surface area (Å²) in [6, 6.07) is 22.9. The summed E-state index contributed by atoms with van der Waals surface area (Å²) in [4.78, 5) is 4.76. The number of halogens is 10. The van der Waals surface area contributed by atoms with Gasteiger partial charge in [-0.15, -0.1) is 0 Å². The summed E-state index contributed by atoms with van der Waals surface area (Å²) in [7, 11) is -2.63. The highest BCUT2D eigenvalue weighted by molar-refractivity contribution is 6.43. The summed E-state index contributed by atoms with van der Waals surface area (Å²) in [6.07, 6.45) is -10.5. The summed E-state index contributed by atoms with van der Waals surface area (Å²) >= 11 is 0. The van der Waals surface area contributed by atoms with Crippen LogP contribution in [0.25, 0.3) is 27.8 Å². The Kier molecular flexibility index (Phi) is 12.6. The molecule has 5 rings (SSSR count). The van der Waals surface area contributed by atoms with Crippen LogP contribution in [-0.4, -0.2) is 54.9 Å². The van der Waals surface area contributed by atoms with Crippen molar-refractivity contribution in [2.45, 2.75) is 104 Å². The molecule has 0 spiro atoms. The summed E-state index contributed by atoms with van der Waals surface area (Å²) in [5.41, 5.74) is 7.43. The lowest BCUT2D eigenvalue weighted by atomic mass is 9.84. The zero-order valence-corrected chi connectivity index (χ0v) is 35.0. The fraction of sp³-hybridized carbons (Fsp3) is 0.400. The van der Waals surface area contributed by atoms with Crippen molar-refractivity contribution in [3.8, 4) is 22.3 Å². The maximum Gasteiger partial charge on any atom is 0.598 e. The molecule has 1 aliphatic rings. The van der Waals surface area contributed by atoms with Crippen molar-refractivity contribution in [1.29, 1.82) is 0 Å². The largest absolute Gasteiger partial charge is 0.598 e. The Labute approximate surface area is 344 Å². The van der Waals surface area contributed by atoms with Gasteiger partial charge in [-0.25, -0.2) is 0 Å². The number of aromatic nitrogens is 1. The second-order valence-corrected chi connectivity index (χ2v) is 17.3. The molecular weight excluding hydrogens is 801 g/mol. The van der Waals surface area contributed by atoms with E-state index in [-0.39, 0.29) is 27.8 Å². The Morgan fingerprint density at radius 3 is 1.35 bits per heavy atom. The standard InChI is InChI=1S/C45H47BF10N2O2/c1-26-19-28(3)57-38(26)37(39-27(2)20-29(4)58(39)46(59-24-42(47,48)44(51,52)53)60-25-43(49,50)45(54,55)56)34-22-32(30-11-15-35(16-12-30)40(5,6)7)21-33(23-34)31-13-17-36(18-14-31)41(8,9)10/h11-23H,24-25H2,1-10H3/b38-37-. The maximum absolute atomic E-state index is 14.4. The Morgan fingerprint density at radius 2 is 1.00 bits per heavy atom. The van der Waals surface area contributed by atoms with Crippen molar-refractivity contribution in [2.24, 2.45) is 4.99 Å². The summed E-state index contributed by atoms with van der Waals surface area (Å²) in [5.74, 6) is -11.1. The minimum Gasteiger partial charge on any atom is -0.385 e. The van der Waals surface area contributed by atoms with Crippen LogP contribution in [0.1, 0.15) is 89.0 Å². The zero-order chi connectivity index (χ0) is 45.0. The van der Waals surface area contributed by atoms with Gasteiger partial charge in [0.1, 0.15) is 13.2 Å². The van der Waals surface area contributed by atoms with Gasteiger partial charge in [0.15, 0.2) is 0 Å². The number of allylic oxidation sites excluding steroid dienone is 2. The Morgan fingerprint density at radius 1 is 0.583 bits per heavy atom. The fourth-order valence-corrected chi connectivity index (χ4v) is 6.87. The zero-order valence-electron chi connectivity index (χ0n) is 35.0. The highest BCUT2D eigenvalue weighted by Gasteiger charge is 2.60. The smallest absolute Gasteiger partial charge is 0.385 e. The van der Waals surface area contributed by atoms with Crippen LogP contribution in [0.5, 0.6) is 0 Å². The van der Waals surface area contributed by atoms with E-state index in [1.807, 2.05) is 66.7 Å².